The summed E-state index contributed by atoms with van der Waals surface area (Å²) < 4.78 is 32.3. The van der Waals surface area contributed by atoms with Crippen LogP contribution < -0.4 is 10.5 Å². The molecule has 1 aliphatic rings. The van der Waals surface area contributed by atoms with E-state index in [0.29, 0.717) is 32.5 Å². The number of oxime groups is 1. The lowest BCUT2D eigenvalue weighted by atomic mass is 9.96. The molecule has 0 aliphatic carbocycles. The first-order valence-electron chi connectivity index (χ1n) is 6.18. The summed E-state index contributed by atoms with van der Waals surface area (Å²) in [5.41, 5.74) is 5.72. The Bertz CT molecular complexity index is 433. The van der Waals surface area contributed by atoms with E-state index in [9.17, 15) is 8.42 Å². The van der Waals surface area contributed by atoms with E-state index in [2.05, 4.69) is 9.88 Å². The summed E-state index contributed by atoms with van der Waals surface area (Å²) >= 11 is 1.48. The molecule has 0 aromatic rings. The van der Waals surface area contributed by atoms with Gasteiger partial charge in [0, 0.05) is 26.7 Å². The van der Waals surface area contributed by atoms with Crippen LogP contribution in [0.1, 0.15) is 12.8 Å². The Balaban J connectivity index is 2.65. The van der Waals surface area contributed by atoms with E-state index in [0.717, 1.165) is 0 Å². The quantitative estimate of drug-likeness (QED) is 0.189. The first-order valence-corrected chi connectivity index (χ1v) is 8.85. The lowest BCUT2D eigenvalue weighted by Crippen LogP contribution is -2.53. The second-order valence-electron chi connectivity index (χ2n) is 4.47. The zero-order valence-corrected chi connectivity index (χ0v) is 13.3. The van der Waals surface area contributed by atoms with Crippen LogP contribution in [0, 0.1) is 0 Å². The van der Waals surface area contributed by atoms with Crippen LogP contribution in [-0.4, -0.2) is 68.1 Å². The minimum Gasteiger partial charge on any atom is -0.409 e. The van der Waals surface area contributed by atoms with Crippen LogP contribution in [0.3, 0.4) is 0 Å². The van der Waals surface area contributed by atoms with Crippen LogP contribution in [0.4, 0.5) is 0 Å². The third-order valence-corrected chi connectivity index (χ3v) is 6.44. The minimum atomic E-state index is -3.50. The van der Waals surface area contributed by atoms with Crippen molar-refractivity contribution in [2.24, 2.45) is 10.9 Å². The van der Waals surface area contributed by atoms with Crippen LogP contribution in [0.2, 0.25) is 0 Å². The first-order chi connectivity index (χ1) is 9.41. The number of ether oxygens (including phenoxy) is 1. The molecule has 0 radical (unpaired) electrons. The average Bonchev–Trinajstić information content (AvgIpc) is 2.46. The highest BCUT2D eigenvalue weighted by molar-refractivity contribution is 8.00. The summed E-state index contributed by atoms with van der Waals surface area (Å²) in [4.78, 5) is 0. The Morgan fingerprint density at radius 1 is 1.55 bits per heavy atom. The summed E-state index contributed by atoms with van der Waals surface area (Å²) in [6, 6.07) is 0. The fraction of sp³-hybridized carbons (Fsp3) is 0.900. The van der Waals surface area contributed by atoms with Crippen LogP contribution >= 0.6 is 11.8 Å². The Morgan fingerprint density at radius 3 is 2.60 bits per heavy atom. The number of amidine groups is 1. The standard InChI is InChI=1S/C10H22N4O4S2/c1-18-8-5-12-20(16,17)14-6-3-10(19-2,4-7-14)9(11)13-15/h12,15H,3-8H2,1-2H3,(H2,11,13). The van der Waals surface area contributed by atoms with Gasteiger partial charge in [-0.2, -0.15) is 29.2 Å². The number of piperidine rings is 1. The number of nitrogens with zero attached hydrogens (tertiary/aromatic N) is 2. The molecule has 0 unspecified atom stereocenters. The number of thioether (sulfide) groups is 1. The molecule has 118 valence electrons. The van der Waals surface area contributed by atoms with Crippen LogP contribution in [0.25, 0.3) is 0 Å². The molecule has 0 atom stereocenters. The molecule has 0 aromatic carbocycles. The fourth-order valence-corrected chi connectivity index (χ4v) is 4.14. The van der Waals surface area contributed by atoms with Crippen LogP contribution in [-0.2, 0) is 14.9 Å². The van der Waals surface area contributed by atoms with E-state index in [1.807, 2.05) is 6.26 Å². The number of nitrogens with one attached hydrogen (secondary N) is 1. The molecule has 1 heterocycles. The molecule has 1 aliphatic heterocycles. The Hall–Kier alpha value is -0.550. The van der Waals surface area contributed by atoms with Gasteiger partial charge in [-0.15, -0.1) is 0 Å². The maximum absolute atomic E-state index is 12.0. The van der Waals surface area contributed by atoms with Crippen molar-refractivity contribution in [3.05, 3.63) is 0 Å². The normalized spacial score (nSPS) is 21.0. The van der Waals surface area contributed by atoms with Crippen molar-refractivity contribution in [3.63, 3.8) is 0 Å². The molecule has 0 bridgehead atoms. The lowest BCUT2D eigenvalue weighted by molar-refractivity contribution is 0.203. The van der Waals surface area contributed by atoms with E-state index in [-0.39, 0.29) is 12.4 Å². The topological polar surface area (TPSA) is 117 Å². The van der Waals surface area contributed by atoms with Gasteiger partial charge < -0.3 is 15.7 Å². The molecule has 20 heavy (non-hydrogen) atoms. The maximum atomic E-state index is 12.0. The van der Waals surface area contributed by atoms with Crippen molar-refractivity contribution in [1.82, 2.24) is 9.03 Å². The minimum absolute atomic E-state index is 0.148. The highest BCUT2D eigenvalue weighted by Crippen LogP contribution is 2.35. The number of methoxy groups -OCH3 is 1. The largest absolute Gasteiger partial charge is 0.409 e. The summed E-state index contributed by atoms with van der Waals surface area (Å²) in [5, 5.41) is 11.9. The first kappa shape index (κ1) is 17.5. The Labute approximate surface area is 123 Å². The van der Waals surface area contributed by atoms with E-state index < -0.39 is 15.0 Å². The number of nitrogens with two attached hydrogens (primary N) is 1. The molecular weight excluding hydrogens is 304 g/mol. The van der Waals surface area contributed by atoms with Gasteiger partial charge in [0.1, 0.15) is 0 Å². The zero-order chi connectivity index (χ0) is 15.2. The lowest BCUT2D eigenvalue weighted by Gasteiger charge is -2.38. The Morgan fingerprint density at radius 2 is 2.15 bits per heavy atom. The highest BCUT2D eigenvalue weighted by Gasteiger charge is 2.40. The van der Waals surface area contributed by atoms with Gasteiger partial charge in [0.2, 0.25) is 0 Å². The van der Waals surface area contributed by atoms with Crippen molar-refractivity contribution in [2.45, 2.75) is 17.6 Å². The van der Waals surface area contributed by atoms with Crippen molar-refractivity contribution < 1.29 is 18.4 Å². The van der Waals surface area contributed by atoms with Gasteiger partial charge in [-0.25, -0.2) is 0 Å². The molecule has 1 rings (SSSR count). The van der Waals surface area contributed by atoms with E-state index in [1.54, 1.807) is 0 Å². The molecule has 1 fully saturated rings. The SMILES string of the molecule is COCCNS(=O)(=O)N1CCC(SC)(C(N)=NO)CC1. The summed E-state index contributed by atoms with van der Waals surface area (Å²) in [6.07, 6.45) is 2.89. The molecule has 0 saturated carbocycles. The molecule has 1 saturated heterocycles. The number of hydrogen-bond acceptors (Lipinski definition) is 6. The molecular formula is C10H22N4O4S2. The highest BCUT2D eigenvalue weighted by atomic mass is 32.2. The summed E-state index contributed by atoms with van der Waals surface area (Å²) in [6.45, 7) is 1.23. The summed E-state index contributed by atoms with van der Waals surface area (Å²) in [5.74, 6) is 0.148. The van der Waals surface area contributed by atoms with Gasteiger partial charge in [-0.05, 0) is 19.1 Å². The number of hydrogen-bond donors (Lipinski definition) is 3. The van der Waals surface area contributed by atoms with Gasteiger partial charge in [0.25, 0.3) is 10.2 Å². The van der Waals surface area contributed by atoms with E-state index >= 15 is 0 Å². The van der Waals surface area contributed by atoms with Crippen LogP contribution in [0.15, 0.2) is 5.16 Å². The second-order valence-corrected chi connectivity index (χ2v) is 7.42. The molecule has 4 N–H and O–H groups in total. The molecule has 10 heteroatoms. The van der Waals surface area contributed by atoms with Gasteiger partial charge >= 0.3 is 0 Å². The Kier molecular flexibility index (Phi) is 6.52. The summed E-state index contributed by atoms with van der Waals surface area (Å²) in [7, 11) is -1.98. The van der Waals surface area contributed by atoms with E-state index in [1.165, 1.54) is 23.2 Å². The van der Waals surface area contributed by atoms with Gasteiger partial charge in [0.05, 0.1) is 11.4 Å². The maximum Gasteiger partial charge on any atom is 0.279 e. The van der Waals surface area contributed by atoms with Gasteiger partial charge in [0.15, 0.2) is 5.84 Å². The molecule has 8 nitrogen and oxygen atoms in total. The predicted molar refractivity (Wildman–Crippen MR) is 79.3 cm³/mol. The van der Waals surface area contributed by atoms with Gasteiger partial charge in [-0.1, -0.05) is 5.16 Å². The van der Waals surface area contributed by atoms with Gasteiger partial charge in [-0.3, -0.25) is 0 Å². The second kappa shape index (κ2) is 7.46. The van der Waals surface area contributed by atoms with Crippen molar-refractivity contribution >= 4 is 27.8 Å². The third kappa shape index (κ3) is 3.98. The third-order valence-electron chi connectivity index (χ3n) is 3.43. The predicted octanol–water partition coefficient (Wildman–Crippen LogP) is -0.589. The number of rotatable bonds is 7. The van der Waals surface area contributed by atoms with E-state index in [4.69, 9.17) is 15.7 Å². The monoisotopic (exact) mass is 326 g/mol. The van der Waals surface area contributed by atoms with Crippen molar-refractivity contribution in [1.29, 1.82) is 0 Å². The van der Waals surface area contributed by atoms with Crippen LogP contribution in [0.5, 0.6) is 0 Å². The average molecular weight is 326 g/mol. The van der Waals surface area contributed by atoms with Crippen molar-refractivity contribution in [2.75, 3.05) is 39.6 Å². The molecule has 0 aromatic heterocycles. The van der Waals surface area contributed by atoms with Crippen molar-refractivity contribution in [3.8, 4) is 0 Å². The fourth-order valence-electron chi connectivity index (χ4n) is 2.11. The molecule has 0 spiro atoms. The molecule has 0 amide bonds. The zero-order valence-electron chi connectivity index (χ0n) is 11.7. The smallest absolute Gasteiger partial charge is 0.279 e.